The van der Waals surface area contributed by atoms with E-state index >= 15 is 0 Å². The molecule has 0 aliphatic carbocycles. The standard InChI is InChI=1S/C14H15N3O4/c1-17(14(20)15-8-12-6-7-16-21-12)9-10-2-4-11(5-3-10)13(18)19/h2-7H,8-9H2,1H3,(H,15,20)(H,18,19). The van der Waals surface area contributed by atoms with Crippen molar-refractivity contribution in [1.82, 2.24) is 15.4 Å². The van der Waals surface area contributed by atoms with Crippen LogP contribution < -0.4 is 5.32 Å². The average molecular weight is 289 g/mol. The molecule has 2 aromatic rings. The molecular weight excluding hydrogens is 274 g/mol. The zero-order valence-corrected chi connectivity index (χ0v) is 11.4. The third kappa shape index (κ3) is 4.07. The van der Waals surface area contributed by atoms with E-state index in [0.717, 1.165) is 5.56 Å². The van der Waals surface area contributed by atoms with Crippen molar-refractivity contribution in [3.05, 3.63) is 53.4 Å². The summed E-state index contributed by atoms with van der Waals surface area (Å²) in [5.41, 5.74) is 1.06. The lowest BCUT2D eigenvalue weighted by Crippen LogP contribution is -2.36. The molecule has 0 unspecified atom stereocenters. The third-order valence-electron chi connectivity index (χ3n) is 2.87. The fourth-order valence-corrected chi connectivity index (χ4v) is 1.73. The van der Waals surface area contributed by atoms with Crippen molar-refractivity contribution < 1.29 is 19.2 Å². The Morgan fingerprint density at radius 3 is 2.57 bits per heavy atom. The largest absolute Gasteiger partial charge is 0.478 e. The quantitative estimate of drug-likeness (QED) is 0.873. The van der Waals surface area contributed by atoms with Gasteiger partial charge in [-0.1, -0.05) is 17.3 Å². The van der Waals surface area contributed by atoms with Crippen LogP contribution in [0.1, 0.15) is 21.7 Å². The van der Waals surface area contributed by atoms with Crippen LogP contribution >= 0.6 is 0 Å². The van der Waals surface area contributed by atoms with Gasteiger partial charge in [0.15, 0.2) is 5.76 Å². The van der Waals surface area contributed by atoms with E-state index < -0.39 is 5.97 Å². The van der Waals surface area contributed by atoms with Crippen LogP contribution in [0.5, 0.6) is 0 Å². The predicted molar refractivity (Wildman–Crippen MR) is 73.6 cm³/mol. The number of urea groups is 1. The maximum Gasteiger partial charge on any atom is 0.335 e. The van der Waals surface area contributed by atoms with Crippen LogP contribution in [-0.4, -0.2) is 34.2 Å². The molecule has 7 nitrogen and oxygen atoms in total. The lowest BCUT2D eigenvalue weighted by atomic mass is 10.1. The van der Waals surface area contributed by atoms with Gasteiger partial charge in [0.05, 0.1) is 18.3 Å². The molecule has 0 aliphatic heterocycles. The summed E-state index contributed by atoms with van der Waals surface area (Å²) in [7, 11) is 1.65. The molecule has 0 aliphatic rings. The van der Waals surface area contributed by atoms with Crippen LogP contribution in [-0.2, 0) is 13.1 Å². The number of nitrogens with zero attached hydrogens (tertiary/aromatic N) is 2. The minimum absolute atomic E-state index is 0.219. The first kappa shape index (κ1) is 14.6. The Balaban J connectivity index is 1.86. The van der Waals surface area contributed by atoms with Crippen molar-refractivity contribution in [3.8, 4) is 0 Å². The number of benzene rings is 1. The second kappa shape index (κ2) is 6.56. The van der Waals surface area contributed by atoms with Gasteiger partial charge in [-0.25, -0.2) is 9.59 Å². The summed E-state index contributed by atoms with van der Waals surface area (Å²) >= 11 is 0. The van der Waals surface area contributed by atoms with Crippen LogP contribution in [0.4, 0.5) is 4.79 Å². The summed E-state index contributed by atoms with van der Waals surface area (Å²) in [6, 6.07) is 7.81. The molecule has 0 spiro atoms. The molecule has 1 heterocycles. The zero-order valence-electron chi connectivity index (χ0n) is 11.4. The first-order chi connectivity index (χ1) is 10.1. The van der Waals surface area contributed by atoms with Crippen LogP contribution in [0.2, 0.25) is 0 Å². The molecule has 21 heavy (non-hydrogen) atoms. The number of hydrogen-bond donors (Lipinski definition) is 2. The van der Waals surface area contributed by atoms with E-state index in [0.29, 0.717) is 12.3 Å². The first-order valence-corrected chi connectivity index (χ1v) is 6.27. The Kier molecular flexibility index (Phi) is 4.55. The van der Waals surface area contributed by atoms with E-state index in [9.17, 15) is 9.59 Å². The van der Waals surface area contributed by atoms with E-state index in [1.165, 1.54) is 23.2 Å². The smallest absolute Gasteiger partial charge is 0.335 e. The molecule has 0 radical (unpaired) electrons. The van der Waals surface area contributed by atoms with Gasteiger partial charge in [-0.15, -0.1) is 0 Å². The monoisotopic (exact) mass is 289 g/mol. The highest BCUT2D eigenvalue weighted by Crippen LogP contribution is 2.07. The number of rotatable bonds is 5. The number of carboxylic acid groups (broad SMARTS) is 1. The van der Waals surface area contributed by atoms with Gasteiger partial charge in [-0.2, -0.15) is 0 Å². The Labute approximate surface area is 121 Å². The number of aromatic carboxylic acids is 1. The lowest BCUT2D eigenvalue weighted by Gasteiger charge is -2.17. The molecule has 0 bridgehead atoms. The molecule has 2 rings (SSSR count). The summed E-state index contributed by atoms with van der Waals surface area (Å²) in [6.45, 7) is 0.642. The highest BCUT2D eigenvalue weighted by atomic mass is 16.5. The highest BCUT2D eigenvalue weighted by Gasteiger charge is 2.10. The number of carbonyl (C=O) groups is 2. The van der Waals surface area contributed by atoms with Crippen molar-refractivity contribution >= 4 is 12.0 Å². The van der Waals surface area contributed by atoms with Gasteiger partial charge in [0.1, 0.15) is 0 Å². The van der Waals surface area contributed by atoms with E-state index in [4.69, 9.17) is 9.63 Å². The molecule has 1 aromatic carbocycles. The Hall–Kier alpha value is -2.83. The van der Waals surface area contributed by atoms with Crippen molar-refractivity contribution in [3.63, 3.8) is 0 Å². The molecule has 0 fully saturated rings. The van der Waals surface area contributed by atoms with E-state index in [1.54, 1.807) is 25.2 Å². The summed E-state index contributed by atoms with van der Waals surface area (Å²) in [5.74, 6) is -0.401. The van der Waals surface area contributed by atoms with Crippen LogP contribution in [0.15, 0.2) is 41.1 Å². The SMILES string of the molecule is CN(Cc1ccc(C(=O)O)cc1)C(=O)NCc1ccno1. The number of amides is 2. The minimum Gasteiger partial charge on any atom is -0.478 e. The summed E-state index contributed by atoms with van der Waals surface area (Å²) in [6.07, 6.45) is 1.51. The van der Waals surface area contributed by atoms with Crippen molar-refractivity contribution in [2.45, 2.75) is 13.1 Å². The first-order valence-electron chi connectivity index (χ1n) is 6.27. The topological polar surface area (TPSA) is 95.7 Å². The van der Waals surface area contributed by atoms with E-state index in [-0.39, 0.29) is 18.1 Å². The van der Waals surface area contributed by atoms with Gasteiger partial charge in [0.2, 0.25) is 0 Å². The molecule has 0 atom stereocenters. The normalized spacial score (nSPS) is 10.1. The Morgan fingerprint density at radius 1 is 1.29 bits per heavy atom. The summed E-state index contributed by atoms with van der Waals surface area (Å²) in [4.78, 5) is 24.1. The Bertz CT molecular complexity index is 608. The van der Waals surface area contributed by atoms with Gasteiger partial charge in [0, 0.05) is 19.7 Å². The second-order valence-electron chi connectivity index (χ2n) is 4.50. The van der Waals surface area contributed by atoms with Crippen molar-refractivity contribution in [2.75, 3.05) is 7.05 Å². The maximum atomic E-state index is 11.9. The molecule has 2 amide bonds. The number of carboxylic acids is 1. The summed E-state index contributed by atoms with van der Waals surface area (Å²) < 4.78 is 4.88. The van der Waals surface area contributed by atoms with Gasteiger partial charge in [-0.3, -0.25) is 0 Å². The molecule has 110 valence electrons. The van der Waals surface area contributed by atoms with Gasteiger partial charge >= 0.3 is 12.0 Å². The fourth-order valence-electron chi connectivity index (χ4n) is 1.73. The number of carbonyl (C=O) groups excluding carboxylic acids is 1. The molecule has 0 saturated heterocycles. The van der Waals surface area contributed by atoms with Gasteiger partial charge in [0.25, 0.3) is 0 Å². The maximum absolute atomic E-state index is 11.9. The fraction of sp³-hybridized carbons (Fsp3) is 0.214. The van der Waals surface area contributed by atoms with E-state index in [1.807, 2.05) is 0 Å². The van der Waals surface area contributed by atoms with Crippen molar-refractivity contribution in [1.29, 1.82) is 0 Å². The van der Waals surface area contributed by atoms with Crippen molar-refractivity contribution in [2.24, 2.45) is 0 Å². The molecular formula is C14H15N3O4. The van der Waals surface area contributed by atoms with Gasteiger partial charge in [-0.05, 0) is 17.7 Å². The van der Waals surface area contributed by atoms with Crippen LogP contribution in [0.25, 0.3) is 0 Å². The molecule has 2 N–H and O–H groups in total. The second-order valence-corrected chi connectivity index (χ2v) is 4.50. The lowest BCUT2D eigenvalue weighted by molar-refractivity contribution is 0.0697. The predicted octanol–water partition coefficient (Wildman–Crippen LogP) is 1.71. The number of aromatic nitrogens is 1. The molecule has 1 aromatic heterocycles. The number of hydrogen-bond acceptors (Lipinski definition) is 4. The minimum atomic E-state index is -0.972. The highest BCUT2D eigenvalue weighted by molar-refractivity contribution is 5.87. The number of nitrogens with one attached hydrogen (secondary N) is 1. The summed E-state index contributed by atoms with van der Waals surface area (Å²) in [5, 5.41) is 15.1. The van der Waals surface area contributed by atoms with E-state index in [2.05, 4.69) is 10.5 Å². The third-order valence-corrected chi connectivity index (χ3v) is 2.87. The van der Waals surface area contributed by atoms with Crippen LogP contribution in [0.3, 0.4) is 0 Å². The van der Waals surface area contributed by atoms with Gasteiger partial charge < -0.3 is 19.8 Å². The molecule has 0 saturated carbocycles. The zero-order chi connectivity index (χ0) is 15.2. The molecule has 7 heteroatoms. The van der Waals surface area contributed by atoms with Crippen LogP contribution in [0, 0.1) is 0 Å². The Morgan fingerprint density at radius 2 is 2.00 bits per heavy atom. The average Bonchev–Trinajstić information content (AvgIpc) is 2.98.